The summed E-state index contributed by atoms with van der Waals surface area (Å²) < 4.78 is 0. The molecule has 1 fully saturated rings. The number of hydrogen-bond donors (Lipinski definition) is 1. The first-order chi connectivity index (χ1) is 7.22. The number of nitrogens with one attached hydrogen (secondary N) is 1. The minimum absolute atomic E-state index is 0.348. The molecular weight excluding hydrogens is 204 g/mol. The molecule has 0 bridgehead atoms. The van der Waals surface area contributed by atoms with E-state index in [9.17, 15) is 0 Å². The van der Waals surface area contributed by atoms with Crippen LogP contribution in [0.5, 0.6) is 0 Å². The Morgan fingerprint density at radius 2 is 2.27 bits per heavy atom. The van der Waals surface area contributed by atoms with Crippen molar-refractivity contribution < 1.29 is 0 Å². The molecule has 1 N–H and O–H groups in total. The molecule has 1 saturated carbocycles. The highest BCUT2D eigenvalue weighted by Crippen LogP contribution is 2.47. The minimum atomic E-state index is 0.348. The Kier molecular flexibility index (Phi) is 5.49. The van der Waals surface area contributed by atoms with E-state index in [0.29, 0.717) is 11.5 Å². The zero-order valence-electron chi connectivity index (χ0n) is 9.88. The second kappa shape index (κ2) is 6.40. The normalized spacial score (nSPS) is 19.5. The van der Waals surface area contributed by atoms with Gasteiger partial charge in [0.2, 0.25) is 0 Å². The van der Waals surface area contributed by atoms with Crippen LogP contribution in [0.1, 0.15) is 39.5 Å². The highest BCUT2D eigenvalue weighted by atomic mass is 32.2. The second-order valence-electron chi connectivity index (χ2n) is 4.60. The summed E-state index contributed by atoms with van der Waals surface area (Å²) in [6, 6.07) is 2.90. The maximum absolute atomic E-state index is 8.70. The lowest BCUT2D eigenvalue weighted by Gasteiger charge is -2.17. The zero-order valence-corrected chi connectivity index (χ0v) is 10.7. The van der Waals surface area contributed by atoms with Gasteiger partial charge in [-0.15, -0.1) is 0 Å². The maximum Gasteiger partial charge on any atom is 0.0628 e. The number of rotatable bonds is 8. The van der Waals surface area contributed by atoms with Gasteiger partial charge in [-0.3, -0.25) is 0 Å². The molecule has 0 aliphatic heterocycles. The first-order valence-corrected chi connectivity index (χ1v) is 7.06. The Hall–Kier alpha value is -0.200. The summed E-state index contributed by atoms with van der Waals surface area (Å²) in [6.45, 7) is 5.49. The van der Waals surface area contributed by atoms with E-state index >= 15 is 0 Å². The summed E-state index contributed by atoms with van der Waals surface area (Å²) in [5.41, 5.74) is 0.348. The summed E-state index contributed by atoms with van der Waals surface area (Å²) in [5, 5.41) is 12.3. The molecule has 0 aromatic carbocycles. The highest BCUT2D eigenvalue weighted by molar-refractivity contribution is 7.99. The predicted molar refractivity (Wildman–Crippen MR) is 67.0 cm³/mol. The molecule has 1 unspecified atom stereocenters. The highest BCUT2D eigenvalue weighted by Gasteiger charge is 2.42. The van der Waals surface area contributed by atoms with Crippen molar-refractivity contribution in [2.24, 2.45) is 5.41 Å². The van der Waals surface area contributed by atoms with Crippen molar-refractivity contribution in [3.63, 3.8) is 0 Å². The Morgan fingerprint density at radius 1 is 1.53 bits per heavy atom. The molecule has 0 heterocycles. The van der Waals surface area contributed by atoms with Crippen LogP contribution in [0.2, 0.25) is 0 Å². The molecule has 0 saturated heterocycles. The monoisotopic (exact) mass is 226 g/mol. The lowest BCUT2D eigenvalue weighted by molar-refractivity contribution is 0.422. The van der Waals surface area contributed by atoms with E-state index in [0.717, 1.165) is 13.0 Å². The lowest BCUT2D eigenvalue weighted by Crippen LogP contribution is -2.32. The SMILES string of the molecule is CCSCCC(C)NCC1(CC#N)CC1. The molecule has 1 aliphatic carbocycles. The van der Waals surface area contributed by atoms with Gasteiger partial charge in [0.15, 0.2) is 0 Å². The third-order valence-electron chi connectivity index (χ3n) is 3.14. The third kappa shape index (κ3) is 4.90. The van der Waals surface area contributed by atoms with E-state index in [2.05, 4.69) is 25.2 Å². The standard InChI is InChI=1S/C12H22N2S/c1-3-15-9-4-11(2)14-10-12(5-6-12)7-8-13/h11,14H,3-7,9-10H2,1-2H3. The van der Waals surface area contributed by atoms with Crippen molar-refractivity contribution in [2.45, 2.75) is 45.6 Å². The smallest absolute Gasteiger partial charge is 0.0628 e. The van der Waals surface area contributed by atoms with Crippen molar-refractivity contribution in [2.75, 3.05) is 18.1 Å². The zero-order chi connectivity index (χ0) is 11.1. The topological polar surface area (TPSA) is 35.8 Å². The number of nitrogens with zero attached hydrogens (tertiary/aromatic N) is 1. The summed E-state index contributed by atoms with van der Waals surface area (Å²) >= 11 is 2.00. The molecule has 86 valence electrons. The van der Waals surface area contributed by atoms with E-state index in [1.807, 2.05) is 11.8 Å². The largest absolute Gasteiger partial charge is 0.314 e. The summed E-state index contributed by atoms with van der Waals surface area (Å²) in [6.07, 6.45) is 4.45. The quantitative estimate of drug-likeness (QED) is 0.646. The van der Waals surface area contributed by atoms with Gasteiger partial charge in [0, 0.05) is 19.0 Å². The fourth-order valence-corrected chi connectivity index (χ4v) is 2.47. The maximum atomic E-state index is 8.70. The Morgan fingerprint density at radius 3 is 2.80 bits per heavy atom. The minimum Gasteiger partial charge on any atom is -0.314 e. The van der Waals surface area contributed by atoms with Crippen molar-refractivity contribution in [3.05, 3.63) is 0 Å². The van der Waals surface area contributed by atoms with E-state index in [-0.39, 0.29) is 0 Å². The first-order valence-electron chi connectivity index (χ1n) is 5.90. The Labute approximate surface area is 97.8 Å². The molecule has 0 amide bonds. The van der Waals surface area contributed by atoms with E-state index < -0.39 is 0 Å². The summed E-state index contributed by atoms with van der Waals surface area (Å²) in [7, 11) is 0. The van der Waals surface area contributed by atoms with Crippen molar-refractivity contribution in [1.29, 1.82) is 5.26 Å². The van der Waals surface area contributed by atoms with Gasteiger partial charge in [0.25, 0.3) is 0 Å². The Balaban J connectivity index is 2.06. The molecule has 1 aliphatic rings. The van der Waals surface area contributed by atoms with Crippen LogP contribution in [-0.4, -0.2) is 24.1 Å². The Bertz CT molecular complexity index is 218. The van der Waals surface area contributed by atoms with E-state index in [1.165, 1.54) is 30.8 Å². The fraction of sp³-hybridized carbons (Fsp3) is 0.917. The molecule has 1 atom stereocenters. The van der Waals surface area contributed by atoms with Crippen LogP contribution in [0.3, 0.4) is 0 Å². The predicted octanol–water partition coefficient (Wildman–Crippen LogP) is 2.80. The molecule has 0 aromatic heterocycles. The van der Waals surface area contributed by atoms with Gasteiger partial charge < -0.3 is 5.32 Å². The van der Waals surface area contributed by atoms with Gasteiger partial charge in [-0.1, -0.05) is 6.92 Å². The molecule has 2 nitrogen and oxygen atoms in total. The van der Waals surface area contributed by atoms with Crippen LogP contribution in [0.15, 0.2) is 0 Å². The third-order valence-corrected chi connectivity index (χ3v) is 4.07. The number of hydrogen-bond acceptors (Lipinski definition) is 3. The lowest BCUT2D eigenvalue weighted by atomic mass is 10.0. The van der Waals surface area contributed by atoms with Crippen LogP contribution in [0.4, 0.5) is 0 Å². The van der Waals surface area contributed by atoms with Crippen molar-refractivity contribution in [3.8, 4) is 6.07 Å². The molecule has 15 heavy (non-hydrogen) atoms. The number of nitriles is 1. The van der Waals surface area contributed by atoms with Crippen LogP contribution in [0.25, 0.3) is 0 Å². The molecular formula is C12H22N2S. The van der Waals surface area contributed by atoms with Gasteiger partial charge in [-0.05, 0) is 43.1 Å². The van der Waals surface area contributed by atoms with E-state index in [1.54, 1.807) is 0 Å². The fourth-order valence-electron chi connectivity index (χ4n) is 1.66. The second-order valence-corrected chi connectivity index (χ2v) is 6.00. The molecule has 3 heteroatoms. The van der Waals surface area contributed by atoms with Crippen LogP contribution in [-0.2, 0) is 0 Å². The van der Waals surface area contributed by atoms with E-state index in [4.69, 9.17) is 5.26 Å². The molecule has 0 aromatic rings. The van der Waals surface area contributed by atoms with Crippen LogP contribution >= 0.6 is 11.8 Å². The molecule has 0 radical (unpaired) electrons. The van der Waals surface area contributed by atoms with Crippen molar-refractivity contribution in [1.82, 2.24) is 5.32 Å². The molecule has 0 spiro atoms. The van der Waals surface area contributed by atoms with Gasteiger partial charge >= 0.3 is 0 Å². The summed E-state index contributed by atoms with van der Waals surface area (Å²) in [4.78, 5) is 0. The van der Waals surface area contributed by atoms with Gasteiger partial charge in [0.05, 0.1) is 6.07 Å². The van der Waals surface area contributed by atoms with Gasteiger partial charge in [0.1, 0.15) is 0 Å². The van der Waals surface area contributed by atoms with Gasteiger partial charge in [-0.2, -0.15) is 17.0 Å². The summed E-state index contributed by atoms with van der Waals surface area (Å²) in [5.74, 6) is 2.46. The van der Waals surface area contributed by atoms with Crippen LogP contribution < -0.4 is 5.32 Å². The average molecular weight is 226 g/mol. The first kappa shape index (κ1) is 12.9. The average Bonchev–Trinajstić information content (AvgIpc) is 2.97. The van der Waals surface area contributed by atoms with Gasteiger partial charge in [-0.25, -0.2) is 0 Å². The van der Waals surface area contributed by atoms with Crippen molar-refractivity contribution >= 4 is 11.8 Å². The number of thioether (sulfide) groups is 1. The van der Waals surface area contributed by atoms with Crippen LogP contribution in [0, 0.1) is 16.7 Å². The molecule has 1 rings (SSSR count).